The number of carbonyl (C=O) groups is 1. The smallest absolute Gasteiger partial charge is 0.241 e. The molecule has 1 amide bonds. The maximum absolute atomic E-state index is 13.1. The van der Waals surface area contributed by atoms with Crippen molar-refractivity contribution in [1.82, 2.24) is 19.7 Å². The summed E-state index contributed by atoms with van der Waals surface area (Å²) in [6.07, 6.45) is 3.43. The Bertz CT molecular complexity index is 969. The van der Waals surface area contributed by atoms with Gasteiger partial charge in [0.15, 0.2) is 5.82 Å². The Hall–Kier alpha value is -3.06. The molecule has 0 bridgehead atoms. The highest BCUT2D eigenvalue weighted by molar-refractivity contribution is 5.95. The fraction of sp³-hybridized carbons (Fsp3) is 0.286. The molecule has 0 unspecified atom stereocenters. The largest absolute Gasteiger partial charge is 0.325 e. The molecule has 0 spiro atoms. The lowest BCUT2D eigenvalue weighted by Gasteiger charge is -2.23. The number of hydrogen-bond donors (Lipinski definition) is 1. The van der Waals surface area contributed by atoms with Crippen LogP contribution in [0.2, 0.25) is 0 Å². The van der Waals surface area contributed by atoms with Gasteiger partial charge in [0.2, 0.25) is 5.91 Å². The van der Waals surface area contributed by atoms with Crippen molar-refractivity contribution in [2.75, 3.05) is 11.9 Å². The molecular formula is C21H22FN5O. The van der Waals surface area contributed by atoms with Crippen LogP contribution >= 0.6 is 0 Å². The van der Waals surface area contributed by atoms with Crippen LogP contribution in [-0.2, 0) is 18.4 Å². The monoisotopic (exact) mass is 379 g/mol. The van der Waals surface area contributed by atoms with Gasteiger partial charge in [0.1, 0.15) is 12.1 Å². The van der Waals surface area contributed by atoms with Crippen molar-refractivity contribution in [2.24, 2.45) is 7.05 Å². The molecule has 1 aromatic heterocycles. The van der Waals surface area contributed by atoms with E-state index in [9.17, 15) is 9.18 Å². The van der Waals surface area contributed by atoms with E-state index in [0.717, 1.165) is 42.0 Å². The van der Waals surface area contributed by atoms with Crippen molar-refractivity contribution in [3.8, 4) is 11.4 Å². The number of aromatic nitrogens is 3. The number of amides is 1. The highest BCUT2D eigenvalue weighted by atomic mass is 19.1. The number of carbonyl (C=O) groups excluding carboxylic acids is 1. The van der Waals surface area contributed by atoms with Crippen molar-refractivity contribution >= 4 is 11.6 Å². The van der Waals surface area contributed by atoms with Crippen molar-refractivity contribution in [3.63, 3.8) is 0 Å². The van der Waals surface area contributed by atoms with E-state index in [1.54, 1.807) is 18.5 Å². The number of benzene rings is 2. The molecule has 1 N–H and O–H groups in total. The molecule has 28 heavy (non-hydrogen) atoms. The van der Waals surface area contributed by atoms with Gasteiger partial charge in [-0.3, -0.25) is 9.69 Å². The van der Waals surface area contributed by atoms with E-state index < -0.39 is 0 Å². The van der Waals surface area contributed by atoms with Crippen LogP contribution in [-0.4, -0.2) is 38.2 Å². The summed E-state index contributed by atoms with van der Waals surface area (Å²) in [7, 11) is 1.88. The normalized spacial score (nSPS) is 17.0. The zero-order chi connectivity index (χ0) is 19.5. The lowest BCUT2D eigenvalue weighted by Crippen LogP contribution is -2.39. The minimum Gasteiger partial charge on any atom is -0.325 e. The van der Waals surface area contributed by atoms with E-state index in [-0.39, 0.29) is 17.8 Å². The minimum atomic E-state index is -0.248. The minimum absolute atomic E-state index is 0.0188. The molecule has 1 atom stereocenters. The molecule has 1 fully saturated rings. The summed E-state index contributed by atoms with van der Waals surface area (Å²) in [5.41, 5.74) is 2.64. The Morgan fingerprint density at radius 2 is 2.07 bits per heavy atom. The second-order valence-corrected chi connectivity index (χ2v) is 7.09. The van der Waals surface area contributed by atoms with Gasteiger partial charge < -0.3 is 9.88 Å². The summed E-state index contributed by atoms with van der Waals surface area (Å²) in [5, 5.41) is 11.0. The van der Waals surface area contributed by atoms with Gasteiger partial charge in [-0.05, 0) is 49.2 Å². The van der Waals surface area contributed by atoms with E-state index in [1.807, 2.05) is 35.9 Å². The molecule has 7 heteroatoms. The second kappa shape index (κ2) is 7.90. The lowest BCUT2D eigenvalue weighted by molar-refractivity contribution is -0.120. The van der Waals surface area contributed by atoms with E-state index in [4.69, 9.17) is 0 Å². The SMILES string of the molecule is Cn1cnnc1-c1cccc(NC(=O)[C@H]2CCCN2Cc2ccc(F)cc2)c1. The Kier molecular flexibility index (Phi) is 5.16. The fourth-order valence-electron chi connectivity index (χ4n) is 3.64. The van der Waals surface area contributed by atoms with E-state index in [0.29, 0.717) is 6.54 Å². The van der Waals surface area contributed by atoms with Crippen LogP contribution in [0.3, 0.4) is 0 Å². The second-order valence-electron chi connectivity index (χ2n) is 7.09. The molecule has 1 aliphatic heterocycles. The molecule has 0 aliphatic carbocycles. The number of halogens is 1. The molecule has 4 rings (SSSR count). The summed E-state index contributed by atoms with van der Waals surface area (Å²) >= 11 is 0. The summed E-state index contributed by atoms with van der Waals surface area (Å²) in [4.78, 5) is 15.0. The molecule has 2 aromatic carbocycles. The van der Waals surface area contributed by atoms with Crippen molar-refractivity contribution in [1.29, 1.82) is 0 Å². The van der Waals surface area contributed by atoms with Crippen molar-refractivity contribution in [3.05, 3.63) is 66.2 Å². The van der Waals surface area contributed by atoms with Gasteiger partial charge in [-0.1, -0.05) is 24.3 Å². The number of likely N-dealkylation sites (tertiary alicyclic amines) is 1. The van der Waals surface area contributed by atoms with Crippen LogP contribution in [0.15, 0.2) is 54.9 Å². The average molecular weight is 379 g/mol. The lowest BCUT2D eigenvalue weighted by atomic mass is 10.1. The van der Waals surface area contributed by atoms with Gasteiger partial charge in [-0.25, -0.2) is 4.39 Å². The molecule has 144 valence electrons. The Balaban J connectivity index is 1.45. The molecule has 0 saturated carbocycles. The average Bonchev–Trinajstić information content (AvgIpc) is 3.33. The fourth-order valence-corrected chi connectivity index (χ4v) is 3.64. The first-order valence-corrected chi connectivity index (χ1v) is 9.34. The Morgan fingerprint density at radius 1 is 1.25 bits per heavy atom. The third-order valence-corrected chi connectivity index (χ3v) is 5.06. The van der Waals surface area contributed by atoms with Gasteiger partial charge in [0.25, 0.3) is 0 Å². The van der Waals surface area contributed by atoms with Crippen LogP contribution in [0.25, 0.3) is 11.4 Å². The Morgan fingerprint density at radius 3 is 2.82 bits per heavy atom. The highest BCUT2D eigenvalue weighted by Crippen LogP contribution is 2.24. The molecule has 1 aliphatic rings. The third kappa shape index (κ3) is 3.94. The standard InChI is InChI=1S/C21H22FN5O/c1-26-14-23-25-20(26)16-4-2-5-18(12-16)24-21(28)19-6-3-11-27(19)13-15-7-9-17(22)10-8-15/h2,4-5,7-10,12,14,19H,3,6,11,13H2,1H3,(H,24,28)/t19-/m1/s1. The Labute approximate surface area is 163 Å². The van der Waals surface area contributed by atoms with Crippen LogP contribution in [0.1, 0.15) is 18.4 Å². The van der Waals surface area contributed by atoms with Crippen molar-refractivity contribution < 1.29 is 9.18 Å². The van der Waals surface area contributed by atoms with Gasteiger partial charge in [-0.2, -0.15) is 0 Å². The first-order chi connectivity index (χ1) is 13.6. The maximum atomic E-state index is 13.1. The number of hydrogen-bond acceptors (Lipinski definition) is 4. The van der Waals surface area contributed by atoms with Crippen molar-refractivity contribution in [2.45, 2.75) is 25.4 Å². The summed E-state index contributed by atoms with van der Waals surface area (Å²) in [6.45, 7) is 1.49. The molecular weight excluding hydrogens is 357 g/mol. The van der Waals surface area contributed by atoms with Gasteiger partial charge in [-0.15, -0.1) is 10.2 Å². The van der Waals surface area contributed by atoms with Gasteiger partial charge >= 0.3 is 0 Å². The van der Waals surface area contributed by atoms with Crippen LogP contribution in [0, 0.1) is 5.82 Å². The summed E-state index contributed by atoms with van der Waals surface area (Å²) < 4.78 is 15.0. The number of nitrogens with one attached hydrogen (secondary N) is 1. The highest BCUT2D eigenvalue weighted by Gasteiger charge is 2.30. The first kappa shape index (κ1) is 18.3. The quantitative estimate of drug-likeness (QED) is 0.739. The van der Waals surface area contributed by atoms with Gasteiger partial charge in [0, 0.05) is 24.8 Å². The summed E-state index contributed by atoms with van der Waals surface area (Å²) in [6, 6.07) is 13.9. The van der Waals surface area contributed by atoms with E-state index in [1.165, 1.54) is 12.1 Å². The maximum Gasteiger partial charge on any atom is 0.241 e. The number of rotatable bonds is 5. The number of anilines is 1. The van der Waals surface area contributed by atoms with Crippen LogP contribution in [0.4, 0.5) is 10.1 Å². The van der Waals surface area contributed by atoms with Crippen LogP contribution < -0.4 is 5.32 Å². The zero-order valence-corrected chi connectivity index (χ0v) is 15.7. The predicted octanol–water partition coefficient (Wildman–Crippen LogP) is 3.22. The molecule has 2 heterocycles. The molecule has 0 radical (unpaired) electrons. The molecule has 3 aromatic rings. The predicted molar refractivity (Wildman–Crippen MR) is 105 cm³/mol. The number of aryl methyl sites for hydroxylation is 1. The van der Waals surface area contributed by atoms with Crippen LogP contribution in [0.5, 0.6) is 0 Å². The topological polar surface area (TPSA) is 63.1 Å². The molecule has 1 saturated heterocycles. The van der Waals surface area contributed by atoms with Gasteiger partial charge in [0.05, 0.1) is 6.04 Å². The number of nitrogens with zero attached hydrogens (tertiary/aromatic N) is 4. The van der Waals surface area contributed by atoms with E-state index in [2.05, 4.69) is 20.4 Å². The third-order valence-electron chi connectivity index (χ3n) is 5.06. The molecule has 6 nitrogen and oxygen atoms in total. The summed E-state index contributed by atoms with van der Waals surface area (Å²) in [5.74, 6) is 0.479. The van der Waals surface area contributed by atoms with E-state index >= 15 is 0 Å². The zero-order valence-electron chi connectivity index (χ0n) is 15.7. The first-order valence-electron chi connectivity index (χ1n) is 9.34.